The number of nitrogens with zero attached hydrogens (tertiary/aromatic N) is 1. The molecule has 0 N–H and O–H groups in total. The second kappa shape index (κ2) is 5.10. The van der Waals surface area contributed by atoms with Crippen molar-refractivity contribution in [1.29, 1.82) is 0 Å². The Kier molecular flexibility index (Phi) is 3.74. The summed E-state index contributed by atoms with van der Waals surface area (Å²) in [6.45, 7) is 1.88. The Labute approximate surface area is 107 Å². The lowest BCUT2D eigenvalue weighted by Gasteiger charge is -2.01. The van der Waals surface area contributed by atoms with Crippen LogP contribution < -0.4 is 0 Å². The predicted octanol–water partition coefficient (Wildman–Crippen LogP) is 4.18. The smallest absolute Gasteiger partial charge is 0.159 e. The summed E-state index contributed by atoms with van der Waals surface area (Å²) in [5.74, 6) is -1.22. The molecule has 0 atom stereocenters. The predicted molar refractivity (Wildman–Crippen MR) is 66.6 cm³/mol. The highest BCUT2D eigenvalue weighted by molar-refractivity contribution is 7.12. The summed E-state index contributed by atoms with van der Waals surface area (Å²) < 4.78 is 26.0. The van der Waals surface area contributed by atoms with Gasteiger partial charge in [-0.05, 0) is 31.5 Å². The van der Waals surface area contributed by atoms with E-state index in [-0.39, 0.29) is 0 Å². The van der Waals surface area contributed by atoms with Gasteiger partial charge in [-0.15, -0.1) is 22.9 Å². The zero-order chi connectivity index (χ0) is 12.4. The van der Waals surface area contributed by atoms with Gasteiger partial charge in [0, 0.05) is 16.3 Å². The van der Waals surface area contributed by atoms with Crippen LogP contribution in [0, 0.1) is 18.6 Å². The maximum Gasteiger partial charge on any atom is 0.159 e. The quantitative estimate of drug-likeness (QED) is 0.765. The van der Waals surface area contributed by atoms with Crippen molar-refractivity contribution in [1.82, 2.24) is 4.98 Å². The van der Waals surface area contributed by atoms with Crippen molar-refractivity contribution in [3.63, 3.8) is 0 Å². The fraction of sp³-hybridized carbons (Fsp3) is 0.250. The van der Waals surface area contributed by atoms with E-state index >= 15 is 0 Å². The Hall–Kier alpha value is -1.00. The topological polar surface area (TPSA) is 12.9 Å². The Morgan fingerprint density at radius 3 is 2.71 bits per heavy atom. The van der Waals surface area contributed by atoms with Crippen LogP contribution >= 0.6 is 22.9 Å². The van der Waals surface area contributed by atoms with Crippen molar-refractivity contribution in [3.8, 4) is 11.3 Å². The summed E-state index contributed by atoms with van der Waals surface area (Å²) in [6.07, 6.45) is 0.682. The highest BCUT2D eigenvalue weighted by Crippen LogP contribution is 2.29. The van der Waals surface area contributed by atoms with Crippen LogP contribution in [-0.2, 0) is 6.42 Å². The van der Waals surface area contributed by atoms with Crippen molar-refractivity contribution >= 4 is 22.9 Å². The molecule has 0 spiro atoms. The largest absolute Gasteiger partial charge is 0.241 e. The molecule has 0 bridgehead atoms. The highest BCUT2D eigenvalue weighted by Gasteiger charge is 2.12. The first kappa shape index (κ1) is 12.5. The minimum atomic E-state index is -0.857. The Balaban J connectivity index is 2.47. The molecule has 0 radical (unpaired) electrons. The summed E-state index contributed by atoms with van der Waals surface area (Å²) in [7, 11) is 0. The summed E-state index contributed by atoms with van der Waals surface area (Å²) >= 11 is 7.24. The van der Waals surface area contributed by atoms with Crippen LogP contribution in [0.3, 0.4) is 0 Å². The van der Waals surface area contributed by atoms with Gasteiger partial charge in [-0.1, -0.05) is 0 Å². The number of rotatable bonds is 3. The molecule has 2 rings (SSSR count). The fourth-order valence-corrected chi connectivity index (χ4v) is 2.85. The number of hydrogen-bond acceptors (Lipinski definition) is 2. The number of benzene rings is 1. The van der Waals surface area contributed by atoms with Crippen LogP contribution in [0.5, 0.6) is 0 Å². The van der Waals surface area contributed by atoms with Crippen molar-refractivity contribution < 1.29 is 8.78 Å². The number of halogens is 3. The van der Waals surface area contributed by atoms with E-state index in [1.165, 1.54) is 23.5 Å². The third kappa shape index (κ3) is 2.64. The first-order valence-electron chi connectivity index (χ1n) is 5.09. The van der Waals surface area contributed by atoms with Crippen LogP contribution in [0.25, 0.3) is 11.3 Å². The van der Waals surface area contributed by atoms with E-state index < -0.39 is 11.6 Å². The summed E-state index contributed by atoms with van der Waals surface area (Å²) in [5.41, 5.74) is 1.29. The molecular formula is C12H10ClF2NS. The molecule has 1 aromatic heterocycles. The Morgan fingerprint density at radius 1 is 1.29 bits per heavy atom. The molecule has 0 saturated carbocycles. The first-order valence-corrected chi connectivity index (χ1v) is 6.44. The van der Waals surface area contributed by atoms with Gasteiger partial charge >= 0.3 is 0 Å². The van der Waals surface area contributed by atoms with E-state index in [2.05, 4.69) is 4.98 Å². The minimum Gasteiger partial charge on any atom is -0.241 e. The van der Waals surface area contributed by atoms with Gasteiger partial charge in [0.1, 0.15) is 0 Å². The highest BCUT2D eigenvalue weighted by atomic mass is 35.5. The Bertz CT molecular complexity index is 539. The number of thiazole rings is 1. The minimum absolute atomic E-state index is 0.484. The maximum atomic E-state index is 13.2. The van der Waals surface area contributed by atoms with E-state index in [0.29, 0.717) is 23.6 Å². The van der Waals surface area contributed by atoms with Crippen LogP contribution in [0.15, 0.2) is 18.2 Å². The molecule has 0 aliphatic rings. The van der Waals surface area contributed by atoms with Crippen molar-refractivity contribution in [2.24, 2.45) is 0 Å². The molecule has 0 aliphatic carbocycles. The van der Waals surface area contributed by atoms with Gasteiger partial charge in [0.05, 0.1) is 10.7 Å². The normalized spacial score (nSPS) is 10.8. The molecule has 0 aliphatic heterocycles. The molecule has 0 amide bonds. The van der Waals surface area contributed by atoms with Gasteiger partial charge in [0.25, 0.3) is 0 Å². The van der Waals surface area contributed by atoms with Crippen molar-refractivity contribution in [2.45, 2.75) is 13.3 Å². The number of aryl methyl sites for hydroxylation is 2. The second-order valence-corrected chi connectivity index (χ2v) is 5.24. The maximum absolute atomic E-state index is 13.2. The number of alkyl halides is 1. The molecule has 5 heteroatoms. The molecule has 1 aromatic carbocycles. The zero-order valence-electron chi connectivity index (χ0n) is 9.14. The lowest BCUT2D eigenvalue weighted by molar-refractivity contribution is 0.509. The average Bonchev–Trinajstić information content (AvgIpc) is 2.64. The van der Waals surface area contributed by atoms with E-state index in [9.17, 15) is 8.78 Å². The third-order valence-electron chi connectivity index (χ3n) is 2.32. The van der Waals surface area contributed by atoms with E-state index in [1.54, 1.807) is 0 Å². The lowest BCUT2D eigenvalue weighted by atomic mass is 10.1. The van der Waals surface area contributed by atoms with E-state index in [0.717, 1.165) is 16.0 Å². The molecular weight excluding hydrogens is 264 g/mol. The van der Waals surface area contributed by atoms with Gasteiger partial charge in [-0.2, -0.15) is 0 Å². The van der Waals surface area contributed by atoms with Crippen LogP contribution in [0.4, 0.5) is 8.78 Å². The molecule has 0 saturated heterocycles. The average molecular weight is 274 g/mol. The molecule has 0 fully saturated rings. The standard InChI is InChI=1S/C12H10ClF2NS/c1-7-16-12(11(17-7)4-5-13)8-2-3-9(14)10(15)6-8/h2-3,6H,4-5H2,1H3. The third-order valence-corrected chi connectivity index (χ3v) is 3.54. The summed E-state index contributed by atoms with van der Waals surface area (Å²) in [4.78, 5) is 5.34. The monoisotopic (exact) mass is 273 g/mol. The number of aromatic nitrogens is 1. The summed E-state index contributed by atoms with van der Waals surface area (Å²) in [5, 5.41) is 0.893. The molecule has 17 heavy (non-hydrogen) atoms. The second-order valence-electron chi connectivity index (χ2n) is 3.57. The molecule has 0 unspecified atom stereocenters. The molecule has 2 aromatic rings. The fourth-order valence-electron chi connectivity index (χ4n) is 1.59. The van der Waals surface area contributed by atoms with Crippen molar-refractivity contribution in [2.75, 3.05) is 5.88 Å². The van der Waals surface area contributed by atoms with E-state index in [1.807, 2.05) is 6.92 Å². The van der Waals surface area contributed by atoms with Crippen LogP contribution in [-0.4, -0.2) is 10.9 Å². The van der Waals surface area contributed by atoms with E-state index in [4.69, 9.17) is 11.6 Å². The van der Waals surface area contributed by atoms with Gasteiger partial charge in [-0.25, -0.2) is 13.8 Å². The van der Waals surface area contributed by atoms with Gasteiger partial charge in [-0.3, -0.25) is 0 Å². The number of hydrogen-bond donors (Lipinski definition) is 0. The van der Waals surface area contributed by atoms with Crippen LogP contribution in [0.1, 0.15) is 9.88 Å². The van der Waals surface area contributed by atoms with Crippen LogP contribution in [0.2, 0.25) is 0 Å². The summed E-state index contributed by atoms with van der Waals surface area (Å²) in [6, 6.07) is 3.82. The lowest BCUT2D eigenvalue weighted by Crippen LogP contribution is -1.90. The SMILES string of the molecule is Cc1nc(-c2ccc(F)c(F)c2)c(CCCl)s1. The van der Waals surface area contributed by atoms with Gasteiger partial charge < -0.3 is 0 Å². The first-order chi connectivity index (χ1) is 8.11. The zero-order valence-corrected chi connectivity index (χ0v) is 10.7. The molecule has 1 heterocycles. The van der Waals surface area contributed by atoms with Crippen molar-refractivity contribution in [3.05, 3.63) is 39.7 Å². The molecule has 1 nitrogen and oxygen atoms in total. The molecule has 90 valence electrons. The van der Waals surface area contributed by atoms with Gasteiger partial charge in [0.15, 0.2) is 11.6 Å². The van der Waals surface area contributed by atoms with Gasteiger partial charge in [0.2, 0.25) is 0 Å². The Morgan fingerprint density at radius 2 is 2.06 bits per heavy atom.